The molecule has 0 bridgehead atoms. The lowest BCUT2D eigenvalue weighted by Crippen LogP contribution is -2.60. The second kappa shape index (κ2) is 8.74. The molecule has 2 fully saturated rings. The van der Waals surface area contributed by atoms with Gasteiger partial charge in [-0.3, -0.25) is 14.4 Å². The number of methoxy groups -OCH3 is 2. The van der Waals surface area contributed by atoms with Gasteiger partial charge in [-0.2, -0.15) is 0 Å². The number of fused-ring (bicyclic) bond motifs is 1. The molecular formula is C22H28N2O7. The van der Waals surface area contributed by atoms with Gasteiger partial charge in [-0.15, -0.1) is 0 Å². The van der Waals surface area contributed by atoms with E-state index in [0.717, 1.165) is 0 Å². The third kappa shape index (κ3) is 3.82. The molecule has 3 aliphatic rings. The second-order valence-corrected chi connectivity index (χ2v) is 8.11. The van der Waals surface area contributed by atoms with Crippen molar-refractivity contribution >= 4 is 17.8 Å². The van der Waals surface area contributed by atoms with E-state index in [1.807, 2.05) is 12.1 Å². The van der Waals surface area contributed by atoms with Crippen LogP contribution in [0.4, 0.5) is 0 Å². The topological polar surface area (TPSA) is 94.6 Å². The first-order valence-corrected chi connectivity index (χ1v) is 10.5. The molecule has 0 aliphatic carbocycles. The number of likely N-dealkylation sites (tertiary alicyclic amines) is 2. The smallest absolute Gasteiger partial charge is 0.311 e. The number of ether oxygens (including phenoxy) is 4. The standard InChI is InChI=1S/C22H28N2O7/c1-28-12-11-24-19(25)13-15(21(27)29-2)22(24)7-9-23(10-8-22)20(26)18-14-30-16-5-3-4-6-17(16)31-18/h3-6,15,18H,7-14H2,1-2H3. The first-order chi connectivity index (χ1) is 15.0. The van der Waals surface area contributed by atoms with E-state index in [-0.39, 0.29) is 30.8 Å². The van der Waals surface area contributed by atoms with Gasteiger partial charge < -0.3 is 28.7 Å². The van der Waals surface area contributed by atoms with Gasteiger partial charge in [0.2, 0.25) is 12.0 Å². The number of rotatable bonds is 5. The summed E-state index contributed by atoms with van der Waals surface area (Å²) in [5, 5.41) is 0. The molecule has 1 aromatic rings. The molecule has 0 saturated carbocycles. The van der Waals surface area contributed by atoms with Crippen LogP contribution < -0.4 is 9.47 Å². The van der Waals surface area contributed by atoms with Crippen LogP contribution in [-0.4, -0.2) is 86.3 Å². The molecule has 2 amide bonds. The quantitative estimate of drug-likeness (QED) is 0.637. The van der Waals surface area contributed by atoms with Crippen LogP contribution >= 0.6 is 0 Å². The Kier molecular flexibility index (Phi) is 6.04. The van der Waals surface area contributed by atoms with Crippen molar-refractivity contribution in [2.75, 3.05) is 47.1 Å². The maximum Gasteiger partial charge on any atom is 0.311 e. The van der Waals surface area contributed by atoms with Crippen molar-refractivity contribution in [2.24, 2.45) is 5.92 Å². The molecule has 3 aliphatic heterocycles. The highest BCUT2D eigenvalue weighted by atomic mass is 16.6. The normalized spacial score (nSPS) is 24.4. The van der Waals surface area contributed by atoms with E-state index in [2.05, 4.69) is 0 Å². The van der Waals surface area contributed by atoms with Crippen molar-refractivity contribution < 1.29 is 33.3 Å². The van der Waals surface area contributed by atoms with E-state index < -0.39 is 17.6 Å². The first kappa shape index (κ1) is 21.4. The molecule has 168 valence electrons. The zero-order valence-electron chi connectivity index (χ0n) is 17.9. The van der Waals surface area contributed by atoms with Crippen LogP contribution in [0.25, 0.3) is 0 Å². The average molecular weight is 432 g/mol. The number of carbonyl (C=O) groups is 3. The van der Waals surface area contributed by atoms with Crippen molar-refractivity contribution in [1.82, 2.24) is 9.80 Å². The molecule has 31 heavy (non-hydrogen) atoms. The SMILES string of the molecule is COCCN1C(=O)CC(C(=O)OC)C12CCN(C(=O)C1COc3ccccc3O1)CC2. The summed E-state index contributed by atoms with van der Waals surface area (Å²) < 4.78 is 21.7. The predicted molar refractivity (Wildman–Crippen MR) is 109 cm³/mol. The lowest BCUT2D eigenvalue weighted by molar-refractivity contribution is -0.152. The fraction of sp³-hybridized carbons (Fsp3) is 0.591. The second-order valence-electron chi connectivity index (χ2n) is 8.11. The van der Waals surface area contributed by atoms with E-state index in [1.54, 1.807) is 29.0 Å². The molecule has 0 aromatic heterocycles. The molecule has 1 spiro atoms. The van der Waals surface area contributed by atoms with Crippen LogP contribution in [0.5, 0.6) is 11.5 Å². The minimum absolute atomic E-state index is 0.0761. The fourth-order valence-corrected chi connectivity index (χ4v) is 4.96. The van der Waals surface area contributed by atoms with Crippen LogP contribution in [-0.2, 0) is 23.9 Å². The molecule has 0 N–H and O–H groups in total. The molecular weight excluding hydrogens is 404 g/mol. The Labute approximate surface area is 181 Å². The molecule has 0 radical (unpaired) electrons. The molecule has 4 rings (SSSR count). The number of carbonyl (C=O) groups excluding carboxylic acids is 3. The van der Waals surface area contributed by atoms with Crippen molar-refractivity contribution in [1.29, 1.82) is 0 Å². The minimum atomic E-state index is -0.713. The molecule has 3 heterocycles. The van der Waals surface area contributed by atoms with Gasteiger partial charge in [0, 0.05) is 33.2 Å². The number of amides is 2. The van der Waals surface area contributed by atoms with Gasteiger partial charge in [-0.05, 0) is 25.0 Å². The summed E-state index contributed by atoms with van der Waals surface area (Å²) in [7, 11) is 2.92. The molecule has 2 atom stereocenters. The van der Waals surface area contributed by atoms with E-state index in [9.17, 15) is 14.4 Å². The lowest BCUT2D eigenvalue weighted by atomic mass is 9.76. The van der Waals surface area contributed by atoms with Crippen LogP contribution in [0.1, 0.15) is 19.3 Å². The van der Waals surface area contributed by atoms with Gasteiger partial charge in [0.05, 0.1) is 25.2 Å². The highest BCUT2D eigenvalue weighted by molar-refractivity contribution is 5.89. The number of piperidine rings is 1. The fourth-order valence-electron chi connectivity index (χ4n) is 4.96. The molecule has 1 aromatic carbocycles. The highest BCUT2D eigenvalue weighted by Crippen LogP contribution is 2.44. The van der Waals surface area contributed by atoms with Gasteiger partial charge in [0.25, 0.3) is 5.91 Å². The largest absolute Gasteiger partial charge is 0.485 e. The molecule has 2 unspecified atom stereocenters. The first-order valence-electron chi connectivity index (χ1n) is 10.5. The van der Waals surface area contributed by atoms with E-state index >= 15 is 0 Å². The number of benzene rings is 1. The van der Waals surface area contributed by atoms with Crippen LogP contribution in [0.3, 0.4) is 0 Å². The van der Waals surface area contributed by atoms with Crippen LogP contribution in [0, 0.1) is 5.92 Å². The third-order valence-corrected chi connectivity index (χ3v) is 6.60. The monoisotopic (exact) mass is 432 g/mol. The molecule has 2 saturated heterocycles. The predicted octanol–water partition coefficient (Wildman–Crippen LogP) is 0.856. The van der Waals surface area contributed by atoms with E-state index in [0.29, 0.717) is 50.6 Å². The van der Waals surface area contributed by atoms with Gasteiger partial charge in [0.1, 0.15) is 6.61 Å². The van der Waals surface area contributed by atoms with E-state index in [1.165, 1.54) is 7.11 Å². The van der Waals surface area contributed by atoms with Crippen molar-refractivity contribution in [3.63, 3.8) is 0 Å². The number of esters is 1. The summed E-state index contributed by atoms with van der Waals surface area (Å²) >= 11 is 0. The lowest BCUT2D eigenvalue weighted by Gasteiger charge is -2.47. The summed E-state index contributed by atoms with van der Waals surface area (Å²) in [4.78, 5) is 41.8. The Morgan fingerprint density at radius 1 is 1.16 bits per heavy atom. The number of hydrogen-bond acceptors (Lipinski definition) is 7. The van der Waals surface area contributed by atoms with Crippen molar-refractivity contribution in [3.8, 4) is 11.5 Å². The Morgan fingerprint density at radius 3 is 2.55 bits per heavy atom. The third-order valence-electron chi connectivity index (χ3n) is 6.60. The molecule has 9 heteroatoms. The van der Waals surface area contributed by atoms with Crippen molar-refractivity contribution in [3.05, 3.63) is 24.3 Å². The number of hydrogen-bond donors (Lipinski definition) is 0. The Hall–Kier alpha value is -2.81. The van der Waals surface area contributed by atoms with Gasteiger partial charge in [0.15, 0.2) is 11.5 Å². The van der Waals surface area contributed by atoms with Crippen molar-refractivity contribution in [2.45, 2.75) is 30.9 Å². The Balaban J connectivity index is 1.47. The molecule has 9 nitrogen and oxygen atoms in total. The van der Waals surface area contributed by atoms with E-state index in [4.69, 9.17) is 18.9 Å². The zero-order valence-corrected chi connectivity index (χ0v) is 17.9. The summed E-state index contributed by atoms with van der Waals surface area (Å²) in [5.41, 5.74) is -0.657. The average Bonchev–Trinajstić information content (AvgIpc) is 3.07. The Bertz CT molecular complexity index is 850. The van der Waals surface area contributed by atoms with Crippen LogP contribution in [0.2, 0.25) is 0 Å². The summed E-state index contributed by atoms with van der Waals surface area (Å²) in [6.07, 6.45) is 0.409. The number of nitrogens with zero attached hydrogens (tertiary/aromatic N) is 2. The Morgan fingerprint density at radius 2 is 1.87 bits per heavy atom. The zero-order chi connectivity index (χ0) is 22.0. The van der Waals surface area contributed by atoms with Gasteiger partial charge in [-0.1, -0.05) is 12.1 Å². The minimum Gasteiger partial charge on any atom is -0.485 e. The maximum absolute atomic E-state index is 13.1. The van der Waals surface area contributed by atoms with Crippen LogP contribution in [0.15, 0.2) is 24.3 Å². The van der Waals surface area contributed by atoms with Gasteiger partial charge >= 0.3 is 5.97 Å². The summed E-state index contributed by atoms with van der Waals surface area (Å²) in [6.45, 7) is 1.79. The summed E-state index contributed by atoms with van der Waals surface area (Å²) in [5.74, 6) is 0.0373. The highest BCUT2D eigenvalue weighted by Gasteiger charge is 2.57. The maximum atomic E-state index is 13.1. The summed E-state index contributed by atoms with van der Waals surface area (Å²) in [6, 6.07) is 7.26. The van der Waals surface area contributed by atoms with Gasteiger partial charge in [-0.25, -0.2) is 0 Å². The number of para-hydroxylation sites is 2.